The fourth-order valence-electron chi connectivity index (χ4n) is 2.79. The molecule has 22 heavy (non-hydrogen) atoms. The van der Waals surface area contributed by atoms with Gasteiger partial charge in [-0.3, -0.25) is 9.80 Å². The quantitative estimate of drug-likeness (QED) is 0.782. The molecule has 0 saturated carbocycles. The number of hydrogen-bond donors (Lipinski definition) is 1. The normalized spacial score (nSPS) is 17.6. The molecule has 0 amide bonds. The third-order valence-electron chi connectivity index (χ3n) is 3.81. The minimum absolute atomic E-state index is 0.345. The third-order valence-corrected chi connectivity index (χ3v) is 3.81. The van der Waals surface area contributed by atoms with Crippen LogP contribution in [-0.2, 0) is 11.3 Å². The van der Waals surface area contributed by atoms with Gasteiger partial charge in [0.1, 0.15) is 5.75 Å². The van der Waals surface area contributed by atoms with Crippen molar-refractivity contribution in [2.45, 2.75) is 19.6 Å². The lowest BCUT2D eigenvalue weighted by Crippen LogP contribution is -2.43. The van der Waals surface area contributed by atoms with Gasteiger partial charge in [-0.2, -0.15) is 0 Å². The second kappa shape index (κ2) is 9.10. The first-order valence-electron chi connectivity index (χ1n) is 8.06. The van der Waals surface area contributed by atoms with E-state index in [1.54, 1.807) is 0 Å². The molecule has 1 atom stereocenters. The molecule has 1 aromatic carbocycles. The van der Waals surface area contributed by atoms with Gasteiger partial charge in [-0.1, -0.05) is 18.2 Å². The summed E-state index contributed by atoms with van der Waals surface area (Å²) in [6.45, 7) is 8.15. The third kappa shape index (κ3) is 5.57. The van der Waals surface area contributed by atoms with Crippen LogP contribution in [0.15, 0.2) is 24.3 Å². The summed E-state index contributed by atoms with van der Waals surface area (Å²) in [5, 5.41) is 10.3. The molecule has 1 unspecified atom stereocenters. The first-order chi connectivity index (χ1) is 10.7. The summed E-state index contributed by atoms with van der Waals surface area (Å²) in [6, 6.07) is 8.09. The first kappa shape index (κ1) is 17.2. The smallest absolute Gasteiger partial charge is 0.123 e. The highest BCUT2D eigenvalue weighted by atomic mass is 16.5. The van der Waals surface area contributed by atoms with Gasteiger partial charge in [0.15, 0.2) is 0 Å². The average molecular weight is 308 g/mol. The predicted molar refractivity (Wildman–Crippen MR) is 87.2 cm³/mol. The Morgan fingerprint density at radius 1 is 1.32 bits per heavy atom. The number of nitrogens with zero attached hydrogens (tertiary/aromatic N) is 2. The lowest BCUT2D eigenvalue weighted by Gasteiger charge is -2.30. The molecule has 2 rings (SSSR count). The minimum Gasteiger partial charge on any atom is -0.494 e. The van der Waals surface area contributed by atoms with E-state index < -0.39 is 0 Å². The van der Waals surface area contributed by atoms with Crippen LogP contribution in [0.1, 0.15) is 12.5 Å². The molecule has 0 aromatic heterocycles. The second-order valence-corrected chi connectivity index (χ2v) is 5.80. The maximum absolute atomic E-state index is 10.3. The van der Waals surface area contributed by atoms with E-state index in [0.717, 1.165) is 44.2 Å². The Balaban J connectivity index is 1.80. The molecule has 124 valence electrons. The zero-order chi connectivity index (χ0) is 15.8. The molecular weight excluding hydrogens is 280 g/mol. The lowest BCUT2D eigenvalue weighted by molar-refractivity contribution is 0.00820. The van der Waals surface area contributed by atoms with E-state index in [1.165, 1.54) is 0 Å². The summed E-state index contributed by atoms with van der Waals surface area (Å²) < 4.78 is 11.0. The molecule has 5 nitrogen and oxygen atoms in total. The summed E-state index contributed by atoms with van der Waals surface area (Å²) >= 11 is 0. The number of rotatable bonds is 8. The number of aliphatic hydroxyl groups excluding tert-OH is 1. The van der Waals surface area contributed by atoms with Crippen molar-refractivity contribution in [1.29, 1.82) is 0 Å². The van der Waals surface area contributed by atoms with Crippen molar-refractivity contribution in [2.75, 3.05) is 53.0 Å². The Morgan fingerprint density at radius 3 is 2.77 bits per heavy atom. The minimum atomic E-state index is -0.345. The van der Waals surface area contributed by atoms with Crippen molar-refractivity contribution in [3.05, 3.63) is 29.8 Å². The summed E-state index contributed by atoms with van der Waals surface area (Å²) in [5.74, 6) is 0.930. The maximum Gasteiger partial charge on any atom is 0.123 e. The number of morpholine rings is 1. The van der Waals surface area contributed by atoms with Gasteiger partial charge < -0.3 is 14.6 Å². The van der Waals surface area contributed by atoms with Gasteiger partial charge in [0.05, 0.1) is 25.9 Å². The Bertz CT molecular complexity index is 436. The van der Waals surface area contributed by atoms with Crippen molar-refractivity contribution in [3.63, 3.8) is 0 Å². The Labute approximate surface area is 133 Å². The van der Waals surface area contributed by atoms with Crippen LogP contribution in [0.4, 0.5) is 0 Å². The molecule has 1 N–H and O–H groups in total. The van der Waals surface area contributed by atoms with E-state index >= 15 is 0 Å². The summed E-state index contributed by atoms with van der Waals surface area (Å²) in [5.41, 5.74) is 1.16. The monoisotopic (exact) mass is 308 g/mol. The van der Waals surface area contributed by atoms with E-state index in [-0.39, 0.29) is 6.10 Å². The van der Waals surface area contributed by atoms with Gasteiger partial charge in [0.25, 0.3) is 0 Å². The van der Waals surface area contributed by atoms with Crippen molar-refractivity contribution >= 4 is 0 Å². The van der Waals surface area contributed by atoms with Gasteiger partial charge >= 0.3 is 0 Å². The van der Waals surface area contributed by atoms with Crippen LogP contribution in [0.3, 0.4) is 0 Å². The van der Waals surface area contributed by atoms with Crippen LogP contribution >= 0.6 is 0 Å². The number of para-hydroxylation sites is 1. The van der Waals surface area contributed by atoms with E-state index in [4.69, 9.17) is 9.47 Å². The highest BCUT2D eigenvalue weighted by Crippen LogP contribution is 2.19. The highest BCUT2D eigenvalue weighted by molar-refractivity contribution is 5.33. The Hall–Kier alpha value is -1.14. The molecule has 0 spiro atoms. The molecule has 1 fully saturated rings. The number of ether oxygens (including phenoxy) is 2. The van der Waals surface area contributed by atoms with Gasteiger partial charge in [-0.05, 0) is 20.0 Å². The Kier molecular flexibility index (Phi) is 7.12. The highest BCUT2D eigenvalue weighted by Gasteiger charge is 2.16. The maximum atomic E-state index is 10.3. The average Bonchev–Trinajstić information content (AvgIpc) is 2.50. The molecule has 0 bridgehead atoms. The number of hydrogen-bond acceptors (Lipinski definition) is 5. The zero-order valence-corrected chi connectivity index (χ0v) is 13.7. The number of benzene rings is 1. The predicted octanol–water partition coefficient (Wildman–Crippen LogP) is 1.21. The zero-order valence-electron chi connectivity index (χ0n) is 13.7. The number of aliphatic hydroxyl groups is 1. The van der Waals surface area contributed by atoms with Crippen LogP contribution in [0.2, 0.25) is 0 Å². The topological polar surface area (TPSA) is 45.2 Å². The number of β-amino-alcohol motifs (C(OH)–C–C–N with tert-alkyl or cyclic N) is 1. The van der Waals surface area contributed by atoms with E-state index in [2.05, 4.69) is 15.9 Å². The summed E-state index contributed by atoms with van der Waals surface area (Å²) in [6.07, 6.45) is -0.345. The molecule has 5 heteroatoms. The van der Waals surface area contributed by atoms with Gasteiger partial charge in [0, 0.05) is 38.3 Å². The van der Waals surface area contributed by atoms with Crippen molar-refractivity contribution in [2.24, 2.45) is 0 Å². The standard InChI is InChI=1S/C17H28N2O3/c1-3-22-17-7-5-4-6-15(17)12-18(2)13-16(20)14-19-8-10-21-11-9-19/h4-7,16,20H,3,8-14H2,1-2H3. The molecule has 0 radical (unpaired) electrons. The van der Waals surface area contributed by atoms with Crippen molar-refractivity contribution in [3.8, 4) is 5.75 Å². The molecule has 1 heterocycles. The van der Waals surface area contributed by atoms with Crippen molar-refractivity contribution < 1.29 is 14.6 Å². The summed E-state index contributed by atoms with van der Waals surface area (Å²) in [7, 11) is 2.03. The molecule has 0 aliphatic carbocycles. The molecular formula is C17H28N2O3. The number of likely N-dealkylation sites (N-methyl/N-ethyl adjacent to an activating group) is 1. The summed E-state index contributed by atoms with van der Waals surface area (Å²) in [4.78, 5) is 4.40. The molecule has 1 saturated heterocycles. The van der Waals surface area contributed by atoms with Gasteiger partial charge in [0.2, 0.25) is 0 Å². The van der Waals surface area contributed by atoms with Crippen LogP contribution in [-0.4, -0.2) is 74.1 Å². The van der Waals surface area contributed by atoms with Crippen LogP contribution in [0, 0.1) is 0 Å². The van der Waals surface area contributed by atoms with Gasteiger partial charge in [-0.25, -0.2) is 0 Å². The Morgan fingerprint density at radius 2 is 2.05 bits per heavy atom. The van der Waals surface area contributed by atoms with E-state index in [9.17, 15) is 5.11 Å². The fraction of sp³-hybridized carbons (Fsp3) is 0.647. The fourth-order valence-corrected chi connectivity index (χ4v) is 2.79. The van der Waals surface area contributed by atoms with Crippen LogP contribution in [0.25, 0.3) is 0 Å². The molecule has 1 aliphatic rings. The van der Waals surface area contributed by atoms with Gasteiger partial charge in [-0.15, -0.1) is 0 Å². The first-order valence-corrected chi connectivity index (χ1v) is 8.06. The SMILES string of the molecule is CCOc1ccccc1CN(C)CC(O)CN1CCOCC1. The molecule has 1 aliphatic heterocycles. The lowest BCUT2D eigenvalue weighted by atomic mass is 10.2. The van der Waals surface area contributed by atoms with Crippen LogP contribution < -0.4 is 4.74 Å². The van der Waals surface area contributed by atoms with E-state index in [1.807, 2.05) is 32.2 Å². The van der Waals surface area contributed by atoms with Crippen LogP contribution in [0.5, 0.6) is 5.75 Å². The largest absolute Gasteiger partial charge is 0.494 e. The second-order valence-electron chi connectivity index (χ2n) is 5.80. The van der Waals surface area contributed by atoms with E-state index in [0.29, 0.717) is 19.7 Å². The molecule has 1 aromatic rings. The van der Waals surface area contributed by atoms with Crippen molar-refractivity contribution in [1.82, 2.24) is 9.80 Å².